The molecule has 0 bridgehead atoms. The van der Waals surface area contributed by atoms with E-state index in [0.717, 1.165) is 16.8 Å². The number of H-pyrrole nitrogens is 1. The zero-order valence-corrected chi connectivity index (χ0v) is 16.5. The van der Waals surface area contributed by atoms with Crippen molar-refractivity contribution in [3.8, 4) is 17.6 Å². The number of anilines is 1. The molecule has 2 aliphatic rings. The van der Waals surface area contributed by atoms with Gasteiger partial charge in [0.15, 0.2) is 11.5 Å². The first-order chi connectivity index (χ1) is 14.7. The highest BCUT2D eigenvalue weighted by molar-refractivity contribution is 6.05. The minimum atomic E-state index is -3.71. The summed E-state index contributed by atoms with van der Waals surface area (Å²) in [6, 6.07) is 11.9. The number of aromatic amines is 1. The van der Waals surface area contributed by atoms with E-state index in [4.69, 9.17) is 0 Å². The fraction of sp³-hybridized carbons (Fsp3) is 0.217. The Bertz CT molecular complexity index is 1320. The number of nitriles is 1. The number of nitrogens with zero attached hydrogens (tertiary/aromatic N) is 1. The van der Waals surface area contributed by atoms with Crippen LogP contribution in [-0.2, 0) is 10.2 Å². The van der Waals surface area contributed by atoms with Crippen LogP contribution in [0, 0.1) is 11.3 Å². The first-order valence-electron chi connectivity index (χ1n) is 9.66. The van der Waals surface area contributed by atoms with Crippen LogP contribution < -0.4 is 14.8 Å². The summed E-state index contributed by atoms with van der Waals surface area (Å²) in [5.41, 5.74) is 2.85. The monoisotopic (exact) mass is 421 g/mol. The number of aromatic nitrogens is 1. The third-order valence-corrected chi connectivity index (χ3v) is 5.76. The van der Waals surface area contributed by atoms with Crippen LogP contribution in [0.3, 0.4) is 0 Å². The van der Waals surface area contributed by atoms with Gasteiger partial charge in [0, 0.05) is 16.6 Å². The fourth-order valence-corrected chi connectivity index (χ4v) is 3.92. The number of fused-ring (bicyclic) bond motifs is 2. The standard InChI is InChI=1S/C23H17F2N3O3/c1-12(2)18-10-14-15(11-26)17(5-4-16(14)27-18)28-21(29)22(7-8-22)13-3-6-19-20(9-13)31-23(24,25)30-19/h3-6,9-10,27H,1,7-8H2,2H3,(H,28,29). The number of benzene rings is 2. The number of nitrogens with one attached hydrogen (secondary N) is 2. The van der Waals surface area contributed by atoms with Crippen LogP contribution in [-0.4, -0.2) is 17.2 Å². The van der Waals surface area contributed by atoms with Gasteiger partial charge in [0.2, 0.25) is 5.91 Å². The van der Waals surface area contributed by atoms with Crippen molar-refractivity contribution in [2.24, 2.45) is 0 Å². The lowest BCUT2D eigenvalue weighted by atomic mass is 9.94. The number of rotatable bonds is 4. The molecule has 31 heavy (non-hydrogen) atoms. The Morgan fingerprint density at radius 1 is 1.19 bits per heavy atom. The van der Waals surface area contributed by atoms with Crippen LogP contribution in [0.2, 0.25) is 0 Å². The van der Waals surface area contributed by atoms with Crippen molar-refractivity contribution >= 4 is 28.1 Å². The molecule has 0 unspecified atom stereocenters. The number of hydrogen-bond acceptors (Lipinski definition) is 4. The van der Waals surface area contributed by atoms with E-state index in [0.29, 0.717) is 35.0 Å². The van der Waals surface area contributed by atoms with Gasteiger partial charge in [0.1, 0.15) is 6.07 Å². The summed E-state index contributed by atoms with van der Waals surface area (Å²) < 4.78 is 35.6. The molecule has 1 aromatic heterocycles. The molecule has 2 heterocycles. The van der Waals surface area contributed by atoms with E-state index in [-0.39, 0.29) is 17.4 Å². The van der Waals surface area contributed by atoms with Crippen LogP contribution in [0.5, 0.6) is 11.5 Å². The molecule has 1 saturated carbocycles. The number of carbonyl (C=O) groups is 1. The second-order valence-electron chi connectivity index (χ2n) is 7.89. The lowest BCUT2D eigenvalue weighted by Crippen LogP contribution is -2.28. The minimum absolute atomic E-state index is 0.0667. The highest BCUT2D eigenvalue weighted by atomic mass is 19.3. The predicted octanol–water partition coefficient (Wildman–Crippen LogP) is 5.06. The van der Waals surface area contributed by atoms with E-state index in [2.05, 4.69) is 32.4 Å². The summed E-state index contributed by atoms with van der Waals surface area (Å²) in [7, 11) is 0. The maximum absolute atomic E-state index is 13.3. The maximum atomic E-state index is 13.3. The largest absolute Gasteiger partial charge is 0.586 e. The molecule has 3 aromatic rings. The molecular weight excluding hydrogens is 404 g/mol. The van der Waals surface area contributed by atoms with Gasteiger partial charge in [0.05, 0.1) is 16.7 Å². The molecule has 0 saturated heterocycles. The summed E-state index contributed by atoms with van der Waals surface area (Å²) in [4.78, 5) is 16.4. The van der Waals surface area contributed by atoms with Crippen LogP contribution in [0.4, 0.5) is 14.5 Å². The zero-order valence-electron chi connectivity index (χ0n) is 16.5. The van der Waals surface area contributed by atoms with Gasteiger partial charge in [-0.25, -0.2) is 0 Å². The van der Waals surface area contributed by atoms with Gasteiger partial charge in [-0.3, -0.25) is 4.79 Å². The summed E-state index contributed by atoms with van der Waals surface area (Å²) in [5.74, 6) is -0.465. The lowest BCUT2D eigenvalue weighted by molar-refractivity contribution is -0.286. The molecule has 6 nitrogen and oxygen atoms in total. The molecule has 1 aliphatic heterocycles. The molecule has 1 aliphatic carbocycles. The normalized spacial score (nSPS) is 17.2. The number of alkyl halides is 2. The summed E-state index contributed by atoms with van der Waals surface area (Å²) in [5, 5.41) is 13.3. The Hall–Kier alpha value is -3.86. The molecule has 156 valence electrons. The van der Waals surface area contributed by atoms with Gasteiger partial charge in [0.25, 0.3) is 0 Å². The van der Waals surface area contributed by atoms with Crippen molar-refractivity contribution in [1.82, 2.24) is 4.98 Å². The second kappa shape index (κ2) is 6.32. The number of allylic oxidation sites excluding steroid dienone is 1. The Morgan fingerprint density at radius 2 is 1.94 bits per heavy atom. The Labute approximate surface area is 176 Å². The van der Waals surface area contributed by atoms with Gasteiger partial charge in [-0.1, -0.05) is 12.6 Å². The van der Waals surface area contributed by atoms with Crippen molar-refractivity contribution in [2.45, 2.75) is 31.5 Å². The van der Waals surface area contributed by atoms with E-state index < -0.39 is 11.7 Å². The minimum Gasteiger partial charge on any atom is -0.395 e. The van der Waals surface area contributed by atoms with E-state index in [1.54, 1.807) is 18.2 Å². The van der Waals surface area contributed by atoms with Crippen molar-refractivity contribution in [1.29, 1.82) is 5.26 Å². The van der Waals surface area contributed by atoms with Crippen molar-refractivity contribution < 1.29 is 23.0 Å². The third kappa shape index (κ3) is 3.01. The van der Waals surface area contributed by atoms with Crippen molar-refractivity contribution in [2.75, 3.05) is 5.32 Å². The molecule has 0 spiro atoms. The van der Waals surface area contributed by atoms with Crippen LogP contribution in [0.15, 0.2) is 43.0 Å². The molecular formula is C23H17F2N3O3. The zero-order chi connectivity index (χ0) is 22.0. The predicted molar refractivity (Wildman–Crippen MR) is 110 cm³/mol. The highest BCUT2D eigenvalue weighted by Gasteiger charge is 2.53. The summed E-state index contributed by atoms with van der Waals surface area (Å²) >= 11 is 0. The van der Waals surface area contributed by atoms with Crippen molar-refractivity contribution in [3.63, 3.8) is 0 Å². The Balaban J connectivity index is 1.46. The SMILES string of the molecule is C=C(C)c1cc2c(C#N)c(NC(=O)C3(c4ccc5c(c4)OC(F)(F)O5)CC3)ccc2[nH]1. The lowest BCUT2D eigenvalue weighted by Gasteiger charge is -2.17. The van der Waals surface area contributed by atoms with E-state index in [1.165, 1.54) is 12.1 Å². The van der Waals surface area contributed by atoms with Crippen molar-refractivity contribution in [3.05, 3.63) is 59.8 Å². The topological polar surface area (TPSA) is 87.1 Å². The number of hydrogen-bond donors (Lipinski definition) is 2. The fourth-order valence-electron chi connectivity index (χ4n) is 3.92. The average Bonchev–Trinajstić information content (AvgIpc) is 3.30. The highest BCUT2D eigenvalue weighted by Crippen LogP contribution is 2.52. The van der Waals surface area contributed by atoms with E-state index in [1.807, 2.05) is 13.0 Å². The average molecular weight is 421 g/mol. The number of ether oxygens (including phenoxy) is 2. The number of halogens is 2. The summed E-state index contributed by atoms with van der Waals surface area (Å²) in [6.45, 7) is 5.76. The summed E-state index contributed by atoms with van der Waals surface area (Å²) in [6.07, 6.45) is -2.60. The van der Waals surface area contributed by atoms with E-state index in [9.17, 15) is 18.8 Å². The van der Waals surface area contributed by atoms with E-state index >= 15 is 0 Å². The smallest absolute Gasteiger partial charge is 0.395 e. The molecule has 8 heteroatoms. The quantitative estimate of drug-likeness (QED) is 0.616. The Morgan fingerprint density at radius 3 is 2.61 bits per heavy atom. The second-order valence-corrected chi connectivity index (χ2v) is 7.89. The first-order valence-corrected chi connectivity index (χ1v) is 9.66. The maximum Gasteiger partial charge on any atom is 0.586 e. The third-order valence-electron chi connectivity index (χ3n) is 5.76. The van der Waals surface area contributed by atoms with Gasteiger partial charge in [-0.15, -0.1) is 8.78 Å². The van der Waals surface area contributed by atoms with Gasteiger partial charge in [-0.05, 0) is 61.2 Å². The molecule has 2 aromatic carbocycles. The van der Waals surface area contributed by atoms with Gasteiger partial charge >= 0.3 is 6.29 Å². The molecule has 1 fully saturated rings. The number of carbonyl (C=O) groups excluding carboxylic acids is 1. The van der Waals surface area contributed by atoms with Crippen LogP contribution in [0.1, 0.15) is 36.6 Å². The van der Waals surface area contributed by atoms with Gasteiger partial charge in [-0.2, -0.15) is 5.26 Å². The molecule has 0 radical (unpaired) electrons. The molecule has 5 rings (SSSR count). The molecule has 2 N–H and O–H groups in total. The molecule has 1 amide bonds. The Kier molecular flexibility index (Phi) is 3.90. The first kappa shape index (κ1) is 19.1. The van der Waals surface area contributed by atoms with Crippen LogP contribution >= 0.6 is 0 Å². The number of amides is 1. The molecule has 0 atom stereocenters. The van der Waals surface area contributed by atoms with Crippen LogP contribution in [0.25, 0.3) is 16.5 Å². The van der Waals surface area contributed by atoms with Gasteiger partial charge < -0.3 is 19.8 Å².